The smallest absolute Gasteiger partial charge is 0.410 e. The number of anilines is 1. The number of rotatable bonds is 10. The Bertz CT molecular complexity index is 1430. The molecule has 0 saturated heterocycles. The first-order chi connectivity index (χ1) is 19.5. The van der Waals surface area contributed by atoms with E-state index < -0.39 is 11.5 Å². The van der Waals surface area contributed by atoms with Gasteiger partial charge in [-0.25, -0.2) is 4.79 Å². The molecule has 9 heteroatoms. The maximum absolute atomic E-state index is 12.9. The average Bonchev–Trinajstić information content (AvgIpc) is 3.76. The molecular formula is C32H35ClN2O6. The van der Waals surface area contributed by atoms with Crippen LogP contribution in [0.15, 0.2) is 60.7 Å². The molecule has 0 atom stereocenters. The zero-order valence-electron chi connectivity index (χ0n) is 24.0. The third-order valence-corrected chi connectivity index (χ3v) is 6.78. The minimum atomic E-state index is -0.581. The van der Waals surface area contributed by atoms with Crippen molar-refractivity contribution in [1.29, 1.82) is 0 Å². The van der Waals surface area contributed by atoms with Crippen LogP contribution in [0.2, 0.25) is 5.02 Å². The van der Waals surface area contributed by atoms with Crippen molar-refractivity contribution < 1.29 is 28.6 Å². The third kappa shape index (κ3) is 8.01. The Balaban J connectivity index is 1.39. The Kier molecular flexibility index (Phi) is 9.23. The Hall–Kier alpha value is -4.04. The molecule has 2 amide bonds. The number of methoxy groups -OCH3 is 2. The summed E-state index contributed by atoms with van der Waals surface area (Å²) in [7, 11) is 3.10. The fourth-order valence-electron chi connectivity index (χ4n) is 4.39. The number of halogens is 1. The lowest BCUT2D eigenvalue weighted by molar-refractivity contribution is -0.115. The second-order valence-electron chi connectivity index (χ2n) is 11.0. The molecule has 1 saturated carbocycles. The molecular weight excluding hydrogens is 544 g/mol. The number of Topliss-reactive ketones (excluding diaryl/α,β-unsaturated/α-hetero) is 1. The van der Waals surface area contributed by atoms with Gasteiger partial charge in [0.2, 0.25) is 5.91 Å². The van der Waals surface area contributed by atoms with Crippen LogP contribution in [0.5, 0.6) is 11.5 Å². The van der Waals surface area contributed by atoms with Crippen LogP contribution in [0.25, 0.3) is 11.1 Å². The van der Waals surface area contributed by atoms with Gasteiger partial charge in [0.1, 0.15) is 17.1 Å². The average molecular weight is 579 g/mol. The first kappa shape index (κ1) is 29.9. The predicted octanol–water partition coefficient (Wildman–Crippen LogP) is 7.14. The highest BCUT2D eigenvalue weighted by Crippen LogP contribution is 2.40. The number of carbonyl (C=O) groups excluding carboxylic acids is 3. The Labute approximate surface area is 245 Å². The number of nitrogens with one attached hydrogen (secondary N) is 1. The summed E-state index contributed by atoms with van der Waals surface area (Å²) in [6, 6.07) is 17.7. The lowest BCUT2D eigenvalue weighted by Gasteiger charge is -2.27. The van der Waals surface area contributed by atoms with E-state index in [0.29, 0.717) is 39.9 Å². The van der Waals surface area contributed by atoms with Crippen LogP contribution in [-0.2, 0) is 16.1 Å². The van der Waals surface area contributed by atoms with Crippen LogP contribution < -0.4 is 14.8 Å². The molecule has 0 spiro atoms. The van der Waals surface area contributed by atoms with Crippen molar-refractivity contribution in [3.63, 3.8) is 0 Å². The van der Waals surface area contributed by atoms with E-state index in [1.807, 2.05) is 39.0 Å². The molecule has 0 aromatic heterocycles. The number of nitrogens with zero attached hydrogens (tertiary/aromatic N) is 1. The molecule has 1 N–H and O–H groups in total. The summed E-state index contributed by atoms with van der Waals surface area (Å²) >= 11 is 6.47. The van der Waals surface area contributed by atoms with Crippen molar-refractivity contribution in [2.75, 3.05) is 19.5 Å². The van der Waals surface area contributed by atoms with Crippen molar-refractivity contribution in [1.82, 2.24) is 4.90 Å². The molecule has 0 radical (unpaired) electrons. The zero-order chi connectivity index (χ0) is 29.7. The second-order valence-corrected chi connectivity index (χ2v) is 11.4. The van der Waals surface area contributed by atoms with E-state index in [1.165, 1.54) is 0 Å². The highest BCUT2D eigenvalue weighted by atomic mass is 35.5. The van der Waals surface area contributed by atoms with Crippen LogP contribution in [0, 0.1) is 0 Å². The number of benzene rings is 3. The molecule has 0 unspecified atom stereocenters. The maximum Gasteiger partial charge on any atom is 0.410 e. The summed E-state index contributed by atoms with van der Waals surface area (Å²) in [5.41, 5.74) is 2.67. The third-order valence-electron chi connectivity index (χ3n) is 6.48. The van der Waals surface area contributed by atoms with E-state index >= 15 is 0 Å². The standard InChI is InChI=1S/C32H35ClN2O6/c1-32(2,3)41-31(38)35(24-13-14-24)19-20-7-6-8-23(15-20)34-29(37)18-27(36)21-9-11-22(12-10-21)30-26(33)16-25(39-4)17-28(30)40-5/h6-12,15-17,24H,13-14,18-19H2,1-5H3,(H,34,37). The summed E-state index contributed by atoms with van der Waals surface area (Å²) in [5, 5.41) is 3.25. The van der Waals surface area contributed by atoms with E-state index in [0.717, 1.165) is 24.0 Å². The minimum absolute atomic E-state index is 0.161. The Morgan fingerprint density at radius 1 is 0.976 bits per heavy atom. The van der Waals surface area contributed by atoms with Gasteiger partial charge in [-0.3, -0.25) is 9.59 Å². The summed E-state index contributed by atoms with van der Waals surface area (Å²) in [4.78, 5) is 40.0. The molecule has 216 valence electrons. The quantitative estimate of drug-likeness (QED) is 0.203. The van der Waals surface area contributed by atoms with Crippen LogP contribution in [-0.4, -0.2) is 48.5 Å². The number of carbonyl (C=O) groups is 3. The minimum Gasteiger partial charge on any atom is -0.497 e. The topological polar surface area (TPSA) is 94.2 Å². The number of hydrogen-bond donors (Lipinski definition) is 1. The highest BCUT2D eigenvalue weighted by molar-refractivity contribution is 6.34. The van der Waals surface area contributed by atoms with E-state index in [1.54, 1.807) is 61.6 Å². The van der Waals surface area contributed by atoms with E-state index in [-0.39, 0.29) is 24.3 Å². The van der Waals surface area contributed by atoms with Crippen molar-refractivity contribution in [2.24, 2.45) is 0 Å². The van der Waals surface area contributed by atoms with E-state index in [9.17, 15) is 14.4 Å². The highest BCUT2D eigenvalue weighted by Gasteiger charge is 2.35. The molecule has 1 fully saturated rings. The molecule has 8 nitrogen and oxygen atoms in total. The molecule has 0 aliphatic heterocycles. The molecule has 0 heterocycles. The van der Waals surface area contributed by atoms with Gasteiger partial charge in [0.05, 0.1) is 25.7 Å². The van der Waals surface area contributed by atoms with Gasteiger partial charge in [-0.15, -0.1) is 0 Å². The monoisotopic (exact) mass is 578 g/mol. The van der Waals surface area contributed by atoms with Crippen LogP contribution in [0.4, 0.5) is 10.5 Å². The van der Waals surface area contributed by atoms with Gasteiger partial charge in [0, 0.05) is 35.5 Å². The molecule has 3 aromatic carbocycles. The lowest BCUT2D eigenvalue weighted by Crippen LogP contribution is -2.37. The molecule has 1 aliphatic carbocycles. The summed E-state index contributed by atoms with van der Waals surface area (Å²) in [5.74, 6) is 0.369. The Morgan fingerprint density at radius 2 is 1.68 bits per heavy atom. The van der Waals surface area contributed by atoms with Gasteiger partial charge in [-0.05, 0) is 62.9 Å². The van der Waals surface area contributed by atoms with Crippen molar-refractivity contribution >= 4 is 35.1 Å². The molecule has 3 aromatic rings. The fourth-order valence-corrected chi connectivity index (χ4v) is 4.70. The number of hydrogen-bond acceptors (Lipinski definition) is 6. The molecule has 1 aliphatic rings. The fraction of sp³-hybridized carbons (Fsp3) is 0.344. The largest absolute Gasteiger partial charge is 0.497 e. The molecule has 41 heavy (non-hydrogen) atoms. The maximum atomic E-state index is 12.9. The van der Waals surface area contributed by atoms with Gasteiger partial charge in [0.15, 0.2) is 5.78 Å². The summed E-state index contributed by atoms with van der Waals surface area (Å²) < 4.78 is 16.3. The normalized spacial score (nSPS) is 12.8. The van der Waals surface area contributed by atoms with Crippen LogP contribution in [0.3, 0.4) is 0 Å². The van der Waals surface area contributed by atoms with Crippen LogP contribution >= 0.6 is 11.6 Å². The molecule has 4 rings (SSSR count). The van der Waals surface area contributed by atoms with E-state index in [2.05, 4.69) is 5.32 Å². The summed E-state index contributed by atoms with van der Waals surface area (Å²) in [6.07, 6.45) is 1.22. The lowest BCUT2D eigenvalue weighted by atomic mass is 10.00. The number of ketones is 1. The number of ether oxygens (including phenoxy) is 3. The zero-order valence-corrected chi connectivity index (χ0v) is 24.7. The van der Waals surface area contributed by atoms with Crippen molar-refractivity contribution in [2.45, 2.75) is 58.2 Å². The van der Waals surface area contributed by atoms with Crippen molar-refractivity contribution in [3.8, 4) is 22.6 Å². The van der Waals surface area contributed by atoms with Gasteiger partial charge >= 0.3 is 6.09 Å². The second kappa shape index (κ2) is 12.6. The van der Waals surface area contributed by atoms with Gasteiger partial charge in [0.25, 0.3) is 0 Å². The first-order valence-electron chi connectivity index (χ1n) is 13.4. The van der Waals surface area contributed by atoms with Gasteiger partial charge in [-0.1, -0.05) is 48.0 Å². The van der Waals surface area contributed by atoms with Gasteiger partial charge in [-0.2, -0.15) is 0 Å². The predicted molar refractivity (Wildman–Crippen MR) is 159 cm³/mol. The molecule has 0 bridgehead atoms. The Morgan fingerprint density at radius 3 is 2.29 bits per heavy atom. The summed E-state index contributed by atoms with van der Waals surface area (Å²) in [6.45, 7) is 5.90. The van der Waals surface area contributed by atoms with Crippen molar-refractivity contribution in [3.05, 3.63) is 76.8 Å². The van der Waals surface area contributed by atoms with Crippen LogP contribution in [0.1, 0.15) is 56.0 Å². The van der Waals surface area contributed by atoms with Gasteiger partial charge < -0.3 is 24.4 Å². The number of amides is 2. The first-order valence-corrected chi connectivity index (χ1v) is 13.8. The SMILES string of the molecule is COc1cc(Cl)c(-c2ccc(C(=O)CC(=O)Nc3cccc(CN(C(=O)OC(C)(C)C)C4CC4)c3)cc2)c(OC)c1. The van der Waals surface area contributed by atoms with E-state index in [4.69, 9.17) is 25.8 Å².